The molecule has 2 unspecified atom stereocenters. The molecule has 1 spiro atoms. The summed E-state index contributed by atoms with van der Waals surface area (Å²) >= 11 is 0. The Morgan fingerprint density at radius 1 is 1.33 bits per heavy atom. The molecule has 0 aromatic heterocycles. The maximum absolute atomic E-state index is 14.2. The number of carboxylic acid groups (broad SMARTS) is 1. The summed E-state index contributed by atoms with van der Waals surface area (Å²) in [7, 11) is 0. The Morgan fingerprint density at radius 3 is 2.42 bits per heavy atom. The zero-order valence-corrected chi connectivity index (χ0v) is 20.8. The summed E-state index contributed by atoms with van der Waals surface area (Å²) in [6.07, 6.45) is 3.55. The van der Waals surface area contributed by atoms with Crippen molar-refractivity contribution in [3.05, 3.63) is 12.7 Å². The number of carboxylic acids is 1. The average molecular weight is 465 g/mol. The SMILES string of the molecule is C=CCN(C(=O)C1N([C@@H](CO)CC(C)C)C(=O)[C@@H]2[C@@H](C(=O)O)[C@@]3(CC)CCC12O3)C(C)(C)C. The number of aliphatic carboxylic acids is 1. The van der Waals surface area contributed by atoms with E-state index < -0.39 is 46.6 Å². The number of aliphatic hydroxyl groups is 1. The molecule has 8 heteroatoms. The van der Waals surface area contributed by atoms with Gasteiger partial charge in [0.25, 0.3) is 0 Å². The normalized spacial score (nSPS) is 34.0. The Kier molecular flexibility index (Phi) is 6.77. The second-order valence-corrected chi connectivity index (χ2v) is 11.3. The maximum atomic E-state index is 14.2. The van der Waals surface area contributed by atoms with E-state index in [0.717, 1.165) is 0 Å². The smallest absolute Gasteiger partial charge is 0.310 e. The highest BCUT2D eigenvalue weighted by molar-refractivity contribution is 5.98. The van der Waals surface area contributed by atoms with Gasteiger partial charge < -0.3 is 24.7 Å². The molecule has 0 saturated carbocycles. The lowest BCUT2D eigenvalue weighted by atomic mass is 9.65. The number of rotatable bonds is 9. The number of carbonyl (C=O) groups is 3. The molecule has 0 radical (unpaired) electrons. The van der Waals surface area contributed by atoms with Crippen LogP contribution in [0.15, 0.2) is 12.7 Å². The summed E-state index contributed by atoms with van der Waals surface area (Å²) < 4.78 is 6.57. The zero-order valence-electron chi connectivity index (χ0n) is 20.8. The summed E-state index contributed by atoms with van der Waals surface area (Å²) in [5.41, 5.74) is -2.70. The largest absolute Gasteiger partial charge is 0.481 e. The second kappa shape index (κ2) is 8.69. The molecule has 3 heterocycles. The van der Waals surface area contributed by atoms with Crippen LogP contribution in [0.3, 0.4) is 0 Å². The van der Waals surface area contributed by atoms with Gasteiger partial charge in [0.15, 0.2) is 0 Å². The molecule has 3 saturated heterocycles. The predicted molar refractivity (Wildman–Crippen MR) is 123 cm³/mol. The lowest BCUT2D eigenvalue weighted by Crippen LogP contribution is -2.61. The quantitative estimate of drug-likeness (QED) is 0.508. The van der Waals surface area contributed by atoms with Crippen LogP contribution in [-0.2, 0) is 19.1 Å². The van der Waals surface area contributed by atoms with Gasteiger partial charge in [0, 0.05) is 12.1 Å². The summed E-state index contributed by atoms with van der Waals surface area (Å²) in [6.45, 7) is 15.4. The van der Waals surface area contributed by atoms with Crippen molar-refractivity contribution >= 4 is 17.8 Å². The van der Waals surface area contributed by atoms with E-state index >= 15 is 0 Å². The van der Waals surface area contributed by atoms with Crippen molar-refractivity contribution in [3.8, 4) is 0 Å². The van der Waals surface area contributed by atoms with Crippen molar-refractivity contribution in [2.75, 3.05) is 13.2 Å². The maximum Gasteiger partial charge on any atom is 0.310 e. The van der Waals surface area contributed by atoms with E-state index in [4.69, 9.17) is 4.74 Å². The second-order valence-electron chi connectivity index (χ2n) is 11.3. The average Bonchev–Trinajstić information content (AvgIpc) is 3.32. The monoisotopic (exact) mass is 464 g/mol. The van der Waals surface area contributed by atoms with Crippen LogP contribution in [0, 0.1) is 17.8 Å². The highest BCUT2D eigenvalue weighted by Crippen LogP contribution is 2.64. The van der Waals surface area contributed by atoms with E-state index in [1.165, 1.54) is 4.90 Å². The number of carbonyl (C=O) groups excluding carboxylic acids is 2. The first kappa shape index (κ1) is 25.7. The van der Waals surface area contributed by atoms with Crippen molar-refractivity contribution in [2.24, 2.45) is 17.8 Å². The molecular formula is C25H40N2O6. The molecule has 3 aliphatic rings. The summed E-state index contributed by atoms with van der Waals surface area (Å²) in [5.74, 6) is -3.51. The van der Waals surface area contributed by atoms with Crippen LogP contribution in [0.5, 0.6) is 0 Å². The van der Waals surface area contributed by atoms with E-state index in [2.05, 4.69) is 6.58 Å². The molecule has 2 N–H and O–H groups in total. The number of nitrogens with zero attached hydrogens (tertiary/aromatic N) is 2. The van der Waals surface area contributed by atoms with Gasteiger partial charge in [-0.2, -0.15) is 0 Å². The van der Waals surface area contributed by atoms with Crippen LogP contribution >= 0.6 is 0 Å². The number of amides is 2. The van der Waals surface area contributed by atoms with Crippen LogP contribution in [0.2, 0.25) is 0 Å². The van der Waals surface area contributed by atoms with Crippen molar-refractivity contribution in [1.29, 1.82) is 0 Å². The van der Waals surface area contributed by atoms with Crippen molar-refractivity contribution in [3.63, 3.8) is 0 Å². The third-order valence-electron chi connectivity index (χ3n) is 7.85. The molecule has 0 aliphatic carbocycles. The number of hydrogen-bond acceptors (Lipinski definition) is 5. The van der Waals surface area contributed by atoms with E-state index in [1.807, 2.05) is 41.5 Å². The summed E-state index contributed by atoms with van der Waals surface area (Å²) in [5, 5.41) is 20.4. The summed E-state index contributed by atoms with van der Waals surface area (Å²) in [4.78, 5) is 43.8. The van der Waals surface area contributed by atoms with Gasteiger partial charge in [0.2, 0.25) is 11.8 Å². The van der Waals surface area contributed by atoms with Gasteiger partial charge in [-0.3, -0.25) is 14.4 Å². The van der Waals surface area contributed by atoms with Gasteiger partial charge in [0.1, 0.15) is 17.6 Å². The molecule has 3 aliphatic heterocycles. The number of fused-ring (bicyclic) bond motifs is 1. The molecule has 6 atom stereocenters. The Hall–Kier alpha value is -1.93. The minimum atomic E-state index is -1.21. The number of likely N-dealkylation sites (tertiary alicyclic amines) is 1. The van der Waals surface area contributed by atoms with Gasteiger partial charge >= 0.3 is 5.97 Å². The Balaban J connectivity index is 2.19. The summed E-state index contributed by atoms with van der Waals surface area (Å²) in [6, 6.07) is -1.57. The molecule has 3 rings (SSSR count). The molecule has 3 fully saturated rings. The van der Waals surface area contributed by atoms with Crippen LogP contribution in [0.4, 0.5) is 0 Å². The van der Waals surface area contributed by atoms with E-state index in [0.29, 0.717) is 25.7 Å². The number of ether oxygens (including phenoxy) is 1. The van der Waals surface area contributed by atoms with Gasteiger partial charge in [0.05, 0.1) is 24.2 Å². The molecule has 0 aromatic rings. The Labute approximate surface area is 196 Å². The lowest BCUT2D eigenvalue weighted by Gasteiger charge is -2.43. The molecule has 2 amide bonds. The number of hydrogen-bond donors (Lipinski definition) is 2. The van der Waals surface area contributed by atoms with Crippen LogP contribution in [0.25, 0.3) is 0 Å². The molecule has 2 bridgehead atoms. The highest BCUT2D eigenvalue weighted by atomic mass is 16.5. The first-order valence-electron chi connectivity index (χ1n) is 12.1. The van der Waals surface area contributed by atoms with Gasteiger partial charge in [-0.25, -0.2) is 0 Å². The molecule has 0 aromatic carbocycles. The van der Waals surface area contributed by atoms with E-state index in [1.54, 1.807) is 11.0 Å². The highest BCUT2D eigenvalue weighted by Gasteiger charge is 2.79. The number of aliphatic hydroxyl groups excluding tert-OH is 1. The molecule has 186 valence electrons. The minimum Gasteiger partial charge on any atom is -0.481 e. The van der Waals surface area contributed by atoms with E-state index in [-0.39, 0.29) is 30.9 Å². The predicted octanol–water partition coefficient (Wildman–Crippen LogP) is 2.45. The Morgan fingerprint density at radius 2 is 1.97 bits per heavy atom. The molecule has 8 nitrogen and oxygen atoms in total. The minimum absolute atomic E-state index is 0.171. The molecule has 33 heavy (non-hydrogen) atoms. The molecular weight excluding hydrogens is 424 g/mol. The van der Waals surface area contributed by atoms with Gasteiger partial charge in [-0.1, -0.05) is 26.8 Å². The lowest BCUT2D eigenvalue weighted by molar-refractivity contribution is -0.162. The third-order valence-corrected chi connectivity index (χ3v) is 7.85. The first-order valence-corrected chi connectivity index (χ1v) is 12.1. The van der Waals surface area contributed by atoms with Crippen LogP contribution in [-0.4, -0.2) is 79.8 Å². The van der Waals surface area contributed by atoms with Crippen LogP contribution in [0.1, 0.15) is 67.2 Å². The van der Waals surface area contributed by atoms with Gasteiger partial charge in [-0.05, 0) is 52.4 Å². The van der Waals surface area contributed by atoms with E-state index in [9.17, 15) is 24.6 Å². The standard InChI is InChI=1S/C25H40N2O6/c1-8-12-26(23(5,6)7)21(30)19-25-11-10-24(9-2,33-25)18(22(31)32)17(25)20(29)27(19)16(14-28)13-15(3)4/h8,15-19,28H,1,9-14H2,2-7H3,(H,31,32)/t16-,17+,18+,19?,24-,25?/m1/s1. The van der Waals surface area contributed by atoms with Gasteiger partial charge in [-0.15, -0.1) is 6.58 Å². The van der Waals surface area contributed by atoms with Crippen LogP contribution < -0.4 is 0 Å². The first-order chi connectivity index (χ1) is 15.3. The third kappa shape index (κ3) is 3.79. The Bertz CT molecular complexity index is 820. The van der Waals surface area contributed by atoms with Crippen molar-refractivity contribution < 1.29 is 29.3 Å². The van der Waals surface area contributed by atoms with Crippen molar-refractivity contribution in [2.45, 2.75) is 96.1 Å². The fraction of sp³-hybridized carbons (Fsp3) is 0.800. The van der Waals surface area contributed by atoms with Crippen molar-refractivity contribution in [1.82, 2.24) is 9.80 Å². The fourth-order valence-electron chi connectivity index (χ4n) is 6.50. The fourth-order valence-corrected chi connectivity index (χ4v) is 6.50. The zero-order chi connectivity index (χ0) is 24.9. The topological polar surface area (TPSA) is 107 Å².